The van der Waals surface area contributed by atoms with Crippen molar-refractivity contribution in [3.63, 3.8) is 0 Å². The summed E-state index contributed by atoms with van der Waals surface area (Å²) in [5.74, 6) is 0.979. The summed E-state index contributed by atoms with van der Waals surface area (Å²) in [5.41, 5.74) is 7.96. The number of nitrogens with zero attached hydrogens (tertiary/aromatic N) is 2. The van der Waals surface area contributed by atoms with E-state index in [1.807, 2.05) is 44.2 Å². The zero-order valence-electron chi connectivity index (χ0n) is 22.6. The van der Waals surface area contributed by atoms with Gasteiger partial charge in [0.15, 0.2) is 5.76 Å². The van der Waals surface area contributed by atoms with E-state index in [1.54, 1.807) is 0 Å². The molecule has 0 aliphatic carbocycles. The Kier molecular flexibility index (Phi) is 10.3. The molecule has 1 aliphatic heterocycles. The molecule has 0 spiro atoms. The maximum Gasteiger partial charge on any atom is 0.237 e. The SMILES string of the molecule is CC(C)Cc1nc(C2CCCCN2C)oc1C(=O)C(CCc1ccccc1)NC(=O)C(N)CC(C)C. The van der Waals surface area contributed by atoms with Gasteiger partial charge in [0, 0.05) is 0 Å². The molecule has 2 aromatic rings. The largest absolute Gasteiger partial charge is 0.435 e. The van der Waals surface area contributed by atoms with E-state index in [0.717, 1.165) is 31.4 Å². The molecule has 1 saturated heterocycles. The van der Waals surface area contributed by atoms with Crippen molar-refractivity contribution in [1.82, 2.24) is 15.2 Å². The quantitative estimate of drug-likeness (QED) is 0.413. The van der Waals surface area contributed by atoms with Crippen molar-refractivity contribution in [2.75, 3.05) is 13.6 Å². The highest BCUT2D eigenvalue weighted by atomic mass is 16.4. The lowest BCUT2D eigenvalue weighted by atomic mass is 9.97. The molecule has 7 heteroatoms. The molecule has 1 aliphatic rings. The number of hydrogen-bond donors (Lipinski definition) is 2. The summed E-state index contributed by atoms with van der Waals surface area (Å²) in [6.07, 6.45) is 5.56. The maximum atomic E-state index is 13.9. The molecule has 3 N–H and O–H groups in total. The number of nitrogens with one attached hydrogen (secondary N) is 1. The summed E-state index contributed by atoms with van der Waals surface area (Å²) < 4.78 is 6.24. The van der Waals surface area contributed by atoms with Gasteiger partial charge in [-0.15, -0.1) is 0 Å². The lowest BCUT2D eigenvalue weighted by Gasteiger charge is -2.29. The predicted molar refractivity (Wildman–Crippen MR) is 143 cm³/mol. The number of rotatable bonds is 12. The van der Waals surface area contributed by atoms with Crippen LogP contribution in [0.25, 0.3) is 0 Å². The fourth-order valence-corrected chi connectivity index (χ4v) is 4.89. The number of likely N-dealkylation sites (tertiary alicyclic amines) is 1. The monoisotopic (exact) mass is 496 g/mol. The number of carbonyl (C=O) groups is 2. The van der Waals surface area contributed by atoms with E-state index in [1.165, 1.54) is 0 Å². The Labute approximate surface area is 216 Å². The predicted octanol–water partition coefficient (Wildman–Crippen LogP) is 4.70. The van der Waals surface area contributed by atoms with Crippen LogP contribution < -0.4 is 11.1 Å². The van der Waals surface area contributed by atoms with E-state index in [-0.39, 0.29) is 29.4 Å². The average Bonchev–Trinajstić information content (AvgIpc) is 3.24. The second kappa shape index (κ2) is 13.2. The zero-order chi connectivity index (χ0) is 26.2. The fourth-order valence-electron chi connectivity index (χ4n) is 4.89. The van der Waals surface area contributed by atoms with Gasteiger partial charge in [0.05, 0.1) is 23.8 Å². The molecular weight excluding hydrogens is 452 g/mol. The molecule has 1 aromatic heterocycles. The van der Waals surface area contributed by atoms with Crippen molar-refractivity contribution in [2.45, 2.75) is 90.8 Å². The highest BCUT2D eigenvalue weighted by Crippen LogP contribution is 2.31. The number of benzene rings is 1. The standard InChI is InChI=1S/C29H44N4O3/c1-19(2)17-22(30)28(35)31-23(15-14-21-11-7-6-8-12-21)26(34)27-24(18-20(3)4)32-29(36-27)25-13-9-10-16-33(25)5/h6-8,11-12,19-20,22-23,25H,9-10,13-18,30H2,1-5H3,(H,31,35). The Hall–Kier alpha value is -2.51. The number of amides is 1. The minimum atomic E-state index is -0.730. The summed E-state index contributed by atoms with van der Waals surface area (Å²) in [4.78, 5) is 34.0. The molecule has 1 amide bonds. The topological polar surface area (TPSA) is 101 Å². The van der Waals surface area contributed by atoms with Crippen LogP contribution in [0.1, 0.15) is 93.5 Å². The van der Waals surface area contributed by atoms with Gasteiger partial charge in [0.2, 0.25) is 17.6 Å². The number of ketones is 1. The molecule has 0 saturated carbocycles. The number of nitrogens with two attached hydrogens (primary N) is 1. The van der Waals surface area contributed by atoms with Gasteiger partial charge in [0.1, 0.15) is 0 Å². The van der Waals surface area contributed by atoms with Crippen molar-refractivity contribution in [1.29, 1.82) is 0 Å². The lowest BCUT2D eigenvalue weighted by molar-refractivity contribution is -0.123. The maximum absolute atomic E-state index is 13.9. The van der Waals surface area contributed by atoms with Gasteiger partial charge in [-0.3, -0.25) is 14.5 Å². The lowest BCUT2D eigenvalue weighted by Crippen LogP contribution is -2.49. The normalized spacial score (nSPS) is 18.4. The van der Waals surface area contributed by atoms with E-state index in [9.17, 15) is 9.59 Å². The van der Waals surface area contributed by atoms with Gasteiger partial charge < -0.3 is 15.5 Å². The van der Waals surface area contributed by atoms with Crippen molar-refractivity contribution in [3.8, 4) is 0 Å². The Balaban J connectivity index is 1.89. The van der Waals surface area contributed by atoms with Crippen LogP contribution >= 0.6 is 0 Å². The Morgan fingerprint density at radius 2 is 1.86 bits per heavy atom. The molecule has 3 atom stereocenters. The first-order chi connectivity index (χ1) is 17.2. The molecule has 2 heterocycles. The van der Waals surface area contributed by atoms with E-state index in [0.29, 0.717) is 43.2 Å². The van der Waals surface area contributed by atoms with Crippen molar-refractivity contribution in [2.24, 2.45) is 17.6 Å². The molecule has 7 nitrogen and oxygen atoms in total. The molecule has 0 radical (unpaired) electrons. The molecule has 198 valence electrons. The third-order valence-electron chi connectivity index (χ3n) is 6.85. The molecule has 0 bridgehead atoms. The van der Waals surface area contributed by atoms with Crippen molar-refractivity contribution >= 4 is 11.7 Å². The Bertz CT molecular complexity index is 986. The molecule has 1 aromatic carbocycles. The fraction of sp³-hybridized carbons (Fsp3) is 0.621. The van der Waals surface area contributed by atoms with E-state index in [4.69, 9.17) is 15.1 Å². The third kappa shape index (κ3) is 7.74. The van der Waals surface area contributed by atoms with Gasteiger partial charge in [-0.05, 0) is 69.5 Å². The first-order valence-electron chi connectivity index (χ1n) is 13.5. The minimum Gasteiger partial charge on any atom is -0.435 e. The molecule has 1 fully saturated rings. The smallest absolute Gasteiger partial charge is 0.237 e. The second-order valence-corrected chi connectivity index (χ2v) is 11.1. The summed E-state index contributed by atoms with van der Waals surface area (Å²) in [7, 11) is 2.08. The Morgan fingerprint density at radius 1 is 1.14 bits per heavy atom. The summed E-state index contributed by atoms with van der Waals surface area (Å²) in [6, 6.07) is 8.67. The number of Topliss-reactive ketones (excluding diaryl/α,β-unsaturated/α-hetero) is 1. The number of hydrogen-bond acceptors (Lipinski definition) is 6. The van der Waals surface area contributed by atoms with Crippen molar-refractivity contribution in [3.05, 3.63) is 53.2 Å². The number of piperidine rings is 1. The summed E-state index contributed by atoms with van der Waals surface area (Å²) >= 11 is 0. The third-order valence-corrected chi connectivity index (χ3v) is 6.85. The van der Waals surface area contributed by atoms with Crippen LogP contribution in [0, 0.1) is 11.8 Å². The van der Waals surface area contributed by atoms with E-state index < -0.39 is 12.1 Å². The summed E-state index contributed by atoms with van der Waals surface area (Å²) in [5, 5.41) is 2.96. The Morgan fingerprint density at radius 3 is 2.50 bits per heavy atom. The molecule has 3 unspecified atom stereocenters. The average molecular weight is 497 g/mol. The first-order valence-corrected chi connectivity index (χ1v) is 13.5. The van der Waals surface area contributed by atoms with Gasteiger partial charge >= 0.3 is 0 Å². The summed E-state index contributed by atoms with van der Waals surface area (Å²) in [6.45, 7) is 9.26. The number of oxazole rings is 1. The van der Waals surface area contributed by atoms with Crippen LogP contribution in [-0.4, -0.2) is 47.3 Å². The van der Waals surface area contributed by atoms with Crippen LogP contribution in [0.5, 0.6) is 0 Å². The number of aryl methyl sites for hydroxylation is 1. The zero-order valence-corrected chi connectivity index (χ0v) is 22.6. The highest BCUT2D eigenvalue weighted by Gasteiger charge is 2.33. The van der Waals surface area contributed by atoms with Crippen LogP contribution in [0.15, 0.2) is 34.7 Å². The van der Waals surface area contributed by atoms with Gasteiger partial charge in [-0.1, -0.05) is 64.4 Å². The molecule has 3 rings (SSSR count). The number of aromatic nitrogens is 1. The number of carbonyl (C=O) groups excluding carboxylic acids is 2. The van der Waals surface area contributed by atoms with Crippen LogP contribution in [0.2, 0.25) is 0 Å². The van der Waals surface area contributed by atoms with E-state index in [2.05, 4.69) is 31.1 Å². The van der Waals surface area contributed by atoms with Crippen LogP contribution in [0.3, 0.4) is 0 Å². The highest BCUT2D eigenvalue weighted by molar-refractivity contribution is 6.01. The second-order valence-electron chi connectivity index (χ2n) is 11.1. The van der Waals surface area contributed by atoms with E-state index >= 15 is 0 Å². The first kappa shape index (κ1) is 28.1. The molecule has 36 heavy (non-hydrogen) atoms. The van der Waals surface area contributed by atoms with Crippen molar-refractivity contribution < 1.29 is 14.0 Å². The van der Waals surface area contributed by atoms with Gasteiger partial charge in [-0.25, -0.2) is 4.98 Å². The minimum absolute atomic E-state index is 0.0723. The van der Waals surface area contributed by atoms with Gasteiger partial charge in [-0.2, -0.15) is 0 Å². The van der Waals surface area contributed by atoms with Gasteiger partial charge in [0.25, 0.3) is 0 Å². The molecular formula is C29H44N4O3. The van der Waals surface area contributed by atoms with Crippen LogP contribution in [-0.2, 0) is 17.6 Å². The van der Waals surface area contributed by atoms with Crippen LogP contribution in [0.4, 0.5) is 0 Å².